The SMILES string of the molecule is CC(C)(C)C1CCC(C(O)c2sccc2Br)CC1. The Morgan fingerprint density at radius 3 is 2.33 bits per heavy atom. The summed E-state index contributed by atoms with van der Waals surface area (Å²) >= 11 is 5.19. The smallest absolute Gasteiger partial charge is 0.0921 e. The Hall–Kier alpha value is 0.140. The zero-order valence-corrected chi connectivity index (χ0v) is 13.9. The maximum Gasteiger partial charge on any atom is 0.0921 e. The van der Waals surface area contributed by atoms with E-state index in [1.54, 1.807) is 11.3 Å². The quantitative estimate of drug-likeness (QED) is 0.769. The molecular weight excluding hydrogens is 308 g/mol. The zero-order chi connectivity index (χ0) is 13.3. The molecule has 1 N–H and O–H groups in total. The Bertz CT molecular complexity index is 385. The van der Waals surface area contributed by atoms with E-state index in [4.69, 9.17) is 0 Å². The molecular formula is C15H23BrOS. The molecule has 0 aromatic carbocycles. The summed E-state index contributed by atoms with van der Waals surface area (Å²) in [6.07, 6.45) is 4.56. The van der Waals surface area contributed by atoms with E-state index in [0.29, 0.717) is 11.3 Å². The van der Waals surface area contributed by atoms with Crippen molar-refractivity contribution in [1.82, 2.24) is 0 Å². The molecule has 0 aliphatic heterocycles. The van der Waals surface area contributed by atoms with Gasteiger partial charge in [0.25, 0.3) is 0 Å². The molecule has 0 amide bonds. The minimum Gasteiger partial charge on any atom is -0.387 e. The highest BCUT2D eigenvalue weighted by Crippen LogP contribution is 2.45. The third-order valence-corrected chi connectivity index (χ3v) is 6.30. The van der Waals surface area contributed by atoms with Crippen LogP contribution in [-0.4, -0.2) is 5.11 Å². The van der Waals surface area contributed by atoms with Crippen LogP contribution >= 0.6 is 27.3 Å². The van der Waals surface area contributed by atoms with Crippen LogP contribution in [0.15, 0.2) is 15.9 Å². The summed E-state index contributed by atoms with van der Waals surface area (Å²) in [5.74, 6) is 1.26. The first-order chi connectivity index (χ1) is 8.39. The van der Waals surface area contributed by atoms with Gasteiger partial charge in [-0.2, -0.15) is 0 Å². The lowest BCUT2D eigenvalue weighted by Crippen LogP contribution is -2.28. The van der Waals surface area contributed by atoms with Gasteiger partial charge in [0, 0.05) is 9.35 Å². The van der Waals surface area contributed by atoms with Crippen LogP contribution < -0.4 is 0 Å². The number of rotatable bonds is 2. The van der Waals surface area contributed by atoms with Gasteiger partial charge in [0.05, 0.1) is 6.10 Å². The van der Waals surface area contributed by atoms with Crippen molar-refractivity contribution in [2.75, 3.05) is 0 Å². The monoisotopic (exact) mass is 330 g/mol. The number of aliphatic hydroxyl groups excluding tert-OH is 1. The average Bonchev–Trinajstić information content (AvgIpc) is 2.73. The molecule has 1 saturated carbocycles. The Balaban J connectivity index is 1.96. The lowest BCUT2D eigenvalue weighted by atomic mass is 9.69. The normalized spacial score (nSPS) is 27.2. The van der Waals surface area contributed by atoms with E-state index in [-0.39, 0.29) is 6.10 Å². The maximum absolute atomic E-state index is 10.5. The van der Waals surface area contributed by atoms with Crippen LogP contribution in [0.25, 0.3) is 0 Å². The van der Waals surface area contributed by atoms with Crippen molar-refractivity contribution in [2.45, 2.75) is 52.6 Å². The molecule has 1 unspecified atom stereocenters. The van der Waals surface area contributed by atoms with Crippen LogP contribution in [0.2, 0.25) is 0 Å². The molecule has 1 heterocycles. The fourth-order valence-electron chi connectivity index (χ4n) is 3.03. The number of hydrogen-bond acceptors (Lipinski definition) is 2. The third kappa shape index (κ3) is 3.17. The summed E-state index contributed by atoms with van der Waals surface area (Å²) in [6.45, 7) is 7.01. The first kappa shape index (κ1) is 14.5. The summed E-state index contributed by atoms with van der Waals surface area (Å²) in [5, 5.41) is 12.5. The Morgan fingerprint density at radius 2 is 1.89 bits per heavy atom. The lowest BCUT2D eigenvalue weighted by Gasteiger charge is -2.38. The van der Waals surface area contributed by atoms with Crippen LogP contribution in [0.1, 0.15) is 57.4 Å². The largest absolute Gasteiger partial charge is 0.387 e. The summed E-state index contributed by atoms with van der Waals surface area (Å²) < 4.78 is 1.07. The molecule has 2 rings (SSSR count). The van der Waals surface area contributed by atoms with Crippen LogP contribution in [0.5, 0.6) is 0 Å². The highest BCUT2D eigenvalue weighted by Gasteiger charge is 2.33. The molecule has 1 aromatic rings. The highest BCUT2D eigenvalue weighted by atomic mass is 79.9. The van der Waals surface area contributed by atoms with Crippen LogP contribution in [0.4, 0.5) is 0 Å². The minimum absolute atomic E-state index is 0.278. The van der Waals surface area contributed by atoms with Crippen LogP contribution in [0, 0.1) is 17.3 Å². The van der Waals surface area contributed by atoms with E-state index in [9.17, 15) is 5.11 Å². The van der Waals surface area contributed by atoms with Gasteiger partial charge in [0.2, 0.25) is 0 Å². The second-order valence-electron chi connectivity index (χ2n) is 6.56. The molecule has 1 atom stereocenters. The molecule has 3 heteroatoms. The molecule has 102 valence electrons. The minimum atomic E-state index is -0.278. The number of hydrogen-bond donors (Lipinski definition) is 1. The standard InChI is InChI=1S/C15H23BrOS/c1-15(2,3)11-6-4-10(5-7-11)13(17)14-12(16)8-9-18-14/h8-11,13,17H,4-7H2,1-3H3. The molecule has 0 saturated heterocycles. The number of thiophene rings is 1. The van der Waals surface area contributed by atoms with E-state index in [1.165, 1.54) is 12.8 Å². The maximum atomic E-state index is 10.5. The summed E-state index contributed by atoms with van der Waals surface area (Å²) in [6, 6.07) is 2.03. The van der Waals surface area contributed by atoms with Crippen molar-refractivity contribution in [3.8, 4) is 0 Å². The zero-order valence-electron chi connectivity index (χ0n) is 11.4. The molecule has 0 radical (unpaired) electrons. The third-order valence-electron chi connectivity index (χ3n) is 4.36. The fraction of sp³-hybridized carbons (Fsp3) is 0.733. The molecule has 1 aliphatic carbocycles. The van der Waals surface area contributed by atoms with Crippen molar-refractivity contribution < 1.29 is 5.11 Å². The molecule has 18 heavy (non-hydrogen) atoms. The first-order valence-corrected chi connectivity index (χ1v) is 8.48. The summed E-state index contributed by atoms with van der Waals surface area (Å²) in [4.78, 5) is 1.11. The van der Waals surface area contributed by atoms with Gasteiger partial charge in [-0.15, -0.1) is 11.3 Å². The Kier molecular flexibility index (Phi) is 4.56. The van der Waals surface area contributed by atoms with Gasteiger partial charge in [-0.05, 0) is 70.3 Å². The molecule has 0 bridgehead atoms. The molecule has 1 fully saturated rings. The van der Waals surface area contributed by atoms with Gasteiger partial charge in [-0.1, -0.05) is 20.8 Å². The van der Waals surface area contributed by atoms with Crippen molar-refractivity contribution in [3.05, 3.63) is 20.8 Å². The van der Waals surface area contributed by atoms with Crippen molar-refractivity contribution in [1.29, 1.82) is 0 Å². The van der Waals surface area contributed by atoms with Gasteiger partial charge in [-0.25, -0.2) is 0 Å². The van der Waals surface area contributed by atoms with E-state index < -0.39 is 0 Å². The van der Waals surface area contributed by atoms with E-state index in [0.717, 1.165) is 28.1 Å². The van der Waals surface area contributed by atoms with Crippen LogP contribution in [-0.2, 0) is 0 Å². The first-order valence-electron chi connectivity index (χ1n) is 6.80. The molecule has 1 aliphatic rings. The predicted molar refractivity (Wildman–Crippen MR) is 81.9 cm³/mol. The van der Waals surface area contributed by atoms with Gasteiger partial charge < -0.3 is 5.11 Å². The van der Waals surface area contributed by atoms with E-state index >= 15 is 0 Å². The predicted octanol–water partition coefficient (Wildman–Crippen LogP) is 5.40. The molecule has 1 nitrogen and oxygen atoms in total. The van der Waals surface area contributed by atoms with Gasteiger partial charge >= 0.3 is 0 Å². The summed E-state index contributed by atoms with van der Waals surface area (Å²) in [5.41, 5.74) is 0.416. The Morgan fingerprint density at radius 1 is 1.28 bits per heavy atom. The lowest BCUT2D eigenvalue weighted by molar-refractivity contribution is 0.0546. The second-order valence-corrected chi connectivity index (χ2v) is 8.36. The fourth-order valence-corrected chi connectivity index (χ4v) is 4.72. The topological polar surface area (TPSA) is 20.2 Å². The van der Waals surface area contributed by atoms with E-state index in [2.05, 4.69) is 36.7 Å². The van der Waals surface area contributed by atoms with Gasteiger partial charge in [0.1, 0.15) is 0 Å². The second kappa shape index (κ2) is 5.64. The van der Waals surface area contributed by atoms with Crippen molar-refractivity contribution in [2.24, 2.45) is 17.3 Å². The summed E-state index contributed by atoms with van der Waals surface area (Å²) in [7, 11) is 0. The average molecular weight is 331 g/mol. The van der Waals surface area contributed by atoms with Crippen molar-refractivity contribution in [3.63, 3.8) is 0 Å². The van der Waals surface area contributed by atoms with Gasteiger partial charge in [-0.3, -0.25) is 0 Å². The molecule has 0 spiro atoms. The van der Waals surface area contributed by atoms with Crippen LogP contribution in [0.3, 0.4) is 0 Å². The molecule has 1 aromatic heterocycles. The highest BCUT2D eigenvalue weighted by molar-refractivity contribution is 9.10. The number of halogens is 1. The van der Waals surface area contributed by atoms with E-state index in [1.807, 2.05) is 11.4 Å². The number of aliphatic hydroxyl groups is 1. The van der Waals surface area contributed by atoms with Gasteiger partial charge in [0.15, 0.2) is 0 Å². The Labute approximate surface area is 123 Å². The van der Waals surface area contributed by atoms with Crippen molar-refractivity contribution >= 4 is 27.3 Å².